The van der Waals surface area contributed by atoms with Crippen molar-refractivity contribution in [3.63, 3.8) is 0 Å². The second kappa shape index (κ2) is 7.57. The smallest absolute Gasteiger partial charge is 0.163 e. The second-order valence-corrected chi connectivity index (χ2v) is 6.13. The molecule has 1 heterocycles. The number of fused-ring (bicyclic) bond motifs is 1. The van der Waals surface area contributed by atoms with E-state index in [2.05, 4.69) is 35.8 Å². The maximum atomic E-state index is 5.71. The van der Waals surface area contributed by atoms with Crippen LogP contribution in [0.15, 0.2) is 36.4 Å². The van der Waals surface area contributed by atoms with Crippen molar-refractivity contribution >= 4 is 11.0 Å². The molecule has 0 amide bonds. The van der Waals surface area contributed by atoms with Crippen LogP contribution in [0.4, 0.5) is 0 Å². The van der Waals surface area contributed by atoms with Crippen molar-refractivity contribution in [2.75, 3.05) is 20.8 Å². The quantitative estimate of drug-likeness (QED) is 0.717. The summed E-state index contributed by atoms with van der Waals surface area (Å²) in [6.07, 6.45) is 1.76. The maximum absolute atomic E-state index is 5.71. The van der Waals surface area contributed by atoms with E-state index in [0.29, 0.717) is 18.0 Å². The highest BCUT2D eigenvalue weighted by Crippen LogP contribution is 2.33. The molecule has 0 radical (unpaired) electrons. The van der Waals surface area contributed by atoms with E-state index in [1.165, 1.54) is 11.1 Å². The van der Waals surface area contributed by atoms with Gasteiger partial charge in [-0.05, 0) is 31.0 Å². The van der Waals surface area contributed by atoms with Crippen molar-refractivity contribution in [3.05, 3.63) is 53.3 Å². The van der Waals surface area contributed by atoms with Crippen LogP contribution in [0, 0.1) is 6.92 Å². The lowest BCUT2D eigenvalue weighted by molar-refractivity contribution is 0.355. The van der Waals surface area contributed by atoms with Gasteiger partial charge in [0.05, 0.1) is 25.3 Å². The highest BCUT2D eigenvalue weighted by atomic mass is 16.5. The Kier molecular flexibility index (Phi) is 5.24. The summed E-state index contributed by atoms with van der Waals surface area (Å²) in [5.41, 5.74) is 10.2. The second-order valence-electron chi connectivity index (χ2n) is 6.13. The third kappa shape index (κ3) is 3.46. The third-order valence-corrected chi connectivity index (χ3v) is 4.53. The normalized spacial score (nSPS) is 11.0. The van der Waals surface area contributed by atoms with Crippen LogP contribution in [0.3, 0.4) is 0 Å². The van der Waals surface area contributed by atoms with Gasteiger partial charge in [-0.25, -0.2) is 4.98 Å². The van der Waals surface area contributed by atoms with Gasteiger partial charge in [0.15, 0.2) is 11.5 Å². The molecule has 3 aromatic rings. The lowest BCUT2D eigenvalue weighted by Crippen LogP contribution is -2.09. The molecule has 132 valence electrons. The van der Waals surface area contributed by atoms with Gasteiger partial charge in [-0.1, -0.05) is 24.3 Å². The molecule has 2 aromatic carbocycles. The molecule has 2 N–H and O–H groups in total. The van der Waals surface area contributed by atoms with E-state index < -0.39 is 0 Å². The minimum absolute atomic E-state index is 0.653. The Hall–Kier alpha value is -2.53. The number of nitrogens with two attached hydrogens (primary N) is 1. The first-order chi connectivity index (χ1) is 12.2. The fourth-order valence-electron chi connectivity index (χ4n) is 3.09. The zero-order valence-electron chi connectivity index (χ0n) is 15.1. The van der Waals surface area contributed by atoms with E-state index in [9.17, 15) is 0 Å². The van der Waals surface area contributed by atoms with Crippen molar-refractivity contribution < 1.29 is 9.47 Å². The Balaban J connectivity index is 2.13. The van der Waals surface area contributed by atoms with Gasteiger partial charge >= 0.3 is 0 Å². The molecule has 1 aromatic heterocycles. The Bertz CT molecular complexity index is 871. The van der Waals surface area contributed by atoms with Gasteiger partial charge in [-0.15, -0.1) is 0 Å². The Morgan fingerprint density at radius 2 is 1.80 bits per heavy atom. The third-order valence-electron chi connectivity index (χ3n) is 4.53. The molecule has 5 nitrogen and oxygen atoms in total. The average Bonchev–Trinajstić information content (AvgIpc) is 2.97. The highest BCUT2D eigenvalue weighted by Gasteiger charge is 2.15. The predicted molar refractivity (Wildman–Crippen MR) is 100 cm³/mol. The summed E-state index contributed by atoms with van der Waals surface area (Å²) in [5.74, 6) is 2.45. The summed E-state index contributed by atoms with van der Waals surface area (Å²) in [5, 5.41) is 0. The molecule has 25 heavy (non-hydrogen) atoms. The average molecular weight is 339 g/mol. The van der Waals surface area contributed by atoms with Gasteiger partial charge < -0.3 is 19.8 Å². The summed E-state index contributed by atoms with van der Waals surface area (Å²) in [6.45, 7) is 3.57. The van der Waals surface area contributed by atoms with E-state index in [1.54, 1.807) is 14.2 Å². The van der Waals surface area contributed by atoms with Crippen LogP contribution in [0.2, 0.25) is 0 Å². The SMILES string of the molecule is COc1cc2nc(CCCN)n(Cc3ccccc3C)c2cc1OC. The topological polar surface area (TPSA) is 62.3 Å². The van der Waals surface area contributed by atoms with Gasteiger partial charge in [0.2, 0.25) is 0 Å². The first-order valence-corrected chi connectivity index (χ1v) is 8.53. The standard InChI is InChI=1S/C20H25N3O2/c1-14-7-4-5-8-15(14)13-23-17-12-19(25-3)18(24-2)11-16(17)22-20(23)9-6-10-21/h4-5,7-8,11-12H,6,9-10,13,21H2,1-3H3. The predicted octanol–water partition coefficient (Wildman–Crippen LogP) is 3.30. The lowest BCUT2D eigenvalue weighted by atomic mass is 10.1. The number of imidazole rings is 1. The number of ether oxygens (including phenoxy) is 2. The van der Waals surface area contributed by atoms with Crippen LogP contribution in [0.25, 0.3) is 11.0 Å². The molecule has 0 saturated heterocycles. The van der Waals surface area contributed by atoms with Crippen molar-refractivity contribution in [2.45, 2.75) is 26.3 Å². The van der Waals surface area contributed by atoms with Crippen molar-refractivity contribution in [3.8, 4) is 11.5 Å². The highest BCUT2D eigenvalue weighted by molar-refractivity contribution is 5.81. The molecule has 0 saturated carbocycles. The van der Waals surface area contributed by atoms with Crippen LogP contribution in [-0.2, 0) is 13.0 Å². The molecule has 0 atom stereocenters. The molecule has 5 heteroatoms. The van der Waals surface area contributed by atoms with Gasteiger partial charge in [0, 0.05) is 25.1 Å². The van der Waals surface area contributed by atoms with E-state index in [4.69, 9.17) is 20.2 Å². The first kappa shape index (κ1) is 17.3. The minimum atomic E-state index is 0.653. The molecule has 3 rings (SSSR count). The monoisotopic (exact) mass is 339 g/mol. The number of hydrogen-bond donors (Lipinski definition) is 1. The Labute approximate surface area is 148 Å². The van der Waals surface area contributed by atoms with Gasteiger partial charge in [-0.2, -0.15) is 0 Å². The van der Waals surface area contributed by atoms with Crippen LogP contribution < -0.4 is 15.2 Å². The fraction of sp³-hybridized carbons (Fsp3) is 0.350. The number of methoxy groups -OCH3 is 2. The number of benzene rings is 2. The van der Waals surface area contributed by atoms with Crippen LogP contribution in [-0.4, -0.2) is 30.3 Å². The number of hydrogen-bond acceptors (Lipinski definition) is 4. The number of aromatic nitrogens is 2. The number of rotatable bonds is 7. The summed E-state index contributed by atoms with van der Waals surface area (Å²) >= 11 is 0. The molecule has 0 bridgehead atoms. The van der Waals surface area contributed by atoms with Crippen LogP contribution in [0.1, 0.15) is 23.4 Å². The van der Waals surface area contributed by atoms with Gasteiger partial charge in [0.1, 0.15) is 5.82 Å². The molecule has 0 spiro atoms. The van der Waals surface area contributed by atoms with Gasteiger partial charge in [0.25, 0.3) is 0 Å². The summed E-state index contributed by atoms with van der Waals surface area (Å²) < 4.78 is 13.2. The molecular formula is C20H25N3O2. The van der Waals surface area contributed by atoms with Crippen molar-refractivity contribution in [2.24, 2.45) is 5.73 Å². The van der Waals surface area contributed by atoms with Crippen LogP contribution >= 0.6 is 0 Å². The van der Waals surface area contributed by atoms with E-state index >= 15 is 0 Å². The maximum Gasteiger partial charge on any atom is 0.163 e. The summed E-state index contributed by atoms with van der Waals surface area (Å²) in [7, 11) is 3.30. The molecule has 0 unspecified atom stereocenters. The van der Waals surface area contributed by atoms with Gasteiger partial charge in [-0.3, -0.25) is 0 Å². The molecule has 0 aliphatic heterocycles. The number of aryl methyl sites for hydroxylation is 2. The lowest BCUT2D eigenvalue weighted by Gasteiger charge is -2.12. The Morgan fingerprint density at radius 3 is 2.48 bits per heavy atom. The Morgan fingerprint density at radius 1 is 1.08 bits per heavy atom. The van der Waals surface area contributed by atoms with Crippen molar-refractivity contribution in [1.82, 2.24) is 9.55 Å². The molecular weight excluding hydrogens is 314 g/mol. The van der Waals surface area contributed by atoms with E-state index in [1.807, 2.05) is 12.1 Å². The fourth-order valence-corrected chi connectivity index (χ4v) is 3.09. The zero-order chi connectivity index (χ0) is 17.8. The number of nitrogens with zero attached hydrogens (tertiary/aromatic N) is 2. The largest absolute Gasteiger partial charge is 0.493 e. The first-order valence-electron chi connectivity index (χ1n) is 8.53. The zero-order valence-corrected chi connectivity index (χ0v) is 15.1. The molecule has 0 aliphatic rings. The summed E-state index contributed by atoms with van der Waals surface area (Å²) in [4.78, 5) is 4.83. The summed E-state index contributed by atoms with van der Waals surface area (Å²) in [6, 6.07) is 12.4. The van der Waals surface area contributed by atoms with Crippen LogP contribution in [0.5, 0.6) is 11.5 Å². The van der Waals surface area contributed by atoms with Crippen molar-refractivity contribution in [1.29, 1.82) is 0 Å². The molecule has 0 fully saturated rings. The molecule has 0 aliphatic carbocycles. The van der Waals surface area contributed by atoms with E-state index in [0.717, 1.165) is 36.2 Å². The minimum Gasteiger partial charge on any atom is -0.493 e. The van der Waals surface area contributed by atoms with E-state index in [-0.39, 0.29) is 0 Å².